The fourth-order valence-electron chi connectivity index (χ4n) is 4.36. The first kappa shape index (κ1) is 17.1. The van der Waals surface area contributed by atoms with Crippen molar-refractivity contribution in [1.82, 2.24) is 20.2 Å². The van der Waals surface area contributed by atoms with Crippen LogP contribution in [-0.2, 0) is 0 Å². The van der Waals surface area contributed by atoms with Crippen molar-refractivity contribution in [2.75, 3.05) is 22.5 Å². The molecule has 2 aromatic carbocycles. The molecule has 0 amide bonds. The summed E-state index contributed by atoms with van der Waals surface area (Å²) in [6, 6.07) is 14.3. The number of fused-ring (bicyclic) bond motifs is 1. The highest BCUT2D eigenvalue weighted by molar-refractivity contribution is 6.00. The molecule has 4 aromatic rings. The molecule has 0 unspecified atom stereocenters. The Labute approximate surface area is 173 Å². The van der Waals surface area contributed by atoms with E-state index in [4.69, 9.17) is 10.5 Å². The number of para-hydroxylation sites is 2. The standard InChI is InChI=1S/C22H21N7O/c1-12-5-4-8-29(12)19-11-15(25-22(23)26-19)13-9-16-20-18(10-13)30-17-7-3-2-6-14(17)24-21(20)28-27-16/h2-3,6-7,9-12H,4-5,8H2,1H3,(H2,23,25,26)(H2,24,27,28)/t12-/m1/s1. The van der Waals surface area contributed by atoms with E-state index in [-0.39, 0.29) is 5.95 Å². The maximum Gasteiger partial charge on any atom is 0.222 e. The van der Waals surface area contributed by atoms with Crippen molar-refractivity contribution in [2.24, 2.45) is 0 Å². The van der Waals surface area contributed by atoms with Crippen LogP contribution >= 0.6 is 0 Å². The number of hydrogen-bond acceptors (Lipinski definition) is 7. The number of nitrogens with zero attached hydrogens (tertiary/aromatic N) is 4. The number of hydrogen-bond donors (Lipinski definition) is 3. The molecule has 4 heterocycles. The number of aromatic nitrogens is 4. The second-order valence-corrected chi connectivity index (χ2v) is 7.85. The lowest BCUT2D eigenvalue weighted by Crippen LogP contribution is -2.27. The highest BCUT2D eigenvalue weighted by Crippen LogP contribution is 2.44. The highest BCUT2D eigenvalue weighted by atomic mass is 16.5. The Bertz CT molecular complexity index is 1280. The molecule has 2 aliphatic rings. The third kappa shape index (κ3) is 2.64. The number of rotatable bonds is 2. The molecule has 8 heteroatoms. The summed E-state index contributed by atoms with van der Waals surface area (Å²) in [5.74, 6) is 3.35. The number of anilines is 4. The number of aromatic amines is 1. The van der Waals surface area contributed by atoms with Crippen molar-refractivity contribution in [2.45, 2.75) is 25.8 Å². The summed E-state index contributed by atoms with van der Waals surface area (Å²) in [4.78, 5) is 11.3. The minimum Gasteiger partial charge on any atom is -0.454 e. The summed E-state index contributed by atoms with van der Waals surface area (Å²) in [5, 5.41) is 11.8. The molecule has 30 heavy (non-hydrogen) atoms. The van der Waals surface area contributed by atoms with Crippen molar-refractivity contribution >= 4 is 34.2 Å². The lowest BCUT2D eigenvalue weighted by molar-refractivity contribution is 0.492. The minimum absolute atomic E-state index is 0.269. The topological polar surface area (TPSA) is 105 Å². The Balaban J connectivity index is 1.49. The molecule has 1 saturated heterocycles. The van der Waals surface area contributed by atoms with Crippen molar-refractivity contribution < 1.29 is 4.74 Å². The fourth-order valence-corrected chi connectivity index (χ4v) is 4.36. The first-order valence-corrected chi connectivity index (χ1v) is 10.1. The fraction of sp³-hybridized carbons (Fsp3) is 0.227. The zero-order valence-corrected chi connectivity index (χ0v) is 16.5. The van der Waals surface area contributed by atoms with Crippen LogP contribution in [0.4, 0.5) is 23.3 Å². The van der Waals surface area contributed by atoms with Gasteiger partial charge in [-0.05, 0) is 44.0 Å². The molecule has 1 atom stereocenters. The SMILES string of the molecule is C[C@@H]1CCCN1c1cc(-c2cc3c4c(n[nH]c4c2)Nc2ccccc2O3)nc(N)n1. The average molecular weight is 399 g/mol. The van der Waals surface area contributed by atoms with Crippen LogP contribution in [0.2, 0.25) is 0 Å². The summed E-state index contributed by atoms with van der Waals surface area (Å²) < 4.78 is 6.26. The van der Waals surface area contributed by atoms with E-state index in [9.17, 15) is 0 Å². The Morgan fingerprint density at radius 1 is 1.13 bits per heavy atom. The molecule has 0 saturated carbocycles. The van der Waals surface area contributed by atoms with Crippen LogP contribution in [0.15, 0.2) is 42.5 Å². The summed E-state index contributed by atoms with van der Waals surface area (Å²) in [6.07, 6.45) is 2.32. The van der Waals surface area contributed by atoms with Gasteiger partial charge in [-0.15, -0.1) is 0 Å². The van der Waals surface area contributed by atoms with Crippen molar-refractivity contribution in [3.63, 3.8) is 0 Å². The summed E-state index contributed by atoms with van der Waals surface area (Å²) in [5.41, 5.74) is 9.49. The van der Waals surface area contributed by atoms with Crippen molar-refractivity contribution in [3.05, 3.63) is 42.5 Å². The molecule has 8 nitrogen and oxygen atoms in total. The molecule has 4 N–H and O–H groups in total. The Morgan fingerprint density at radius 3 is 2.90 bits per heavy atom. The van der Waals surface area contributed by atoms with Crippen LogP contribution in [0.25, 0.3) is 22.2 Å². The van der Waals surface area contributed by atoms with Crippen molar-refractivity contribution in [3.8, 4) is 22.8 Å². The predicted molar refractivity (Wildman–Crippen MR) is 117 cm³/mol. The molecule has 6 rings (SSSR count). The largest absolute Gasteiger partial charge is 0.454 e. The first-order chi connectivity index (χ1) is 14.7. The van der Waals surface area contributed by atoms with Crippen LogP contribution in [0, 0.1) is 0 Å². The van der Waals surface area contributed by atoms with Crippen LogP contribution in [0.1, 0.15) is 19.8 Å². The van der Waals surface area contributed by atoms with Gasteiger partial charge in [-0.25, -0.2) is 4.98 Å². The second kappa shape index (κ2) is 6.35. The minimum atomic E-state index is 0.269. The van der Waals surface area contributed by atoms with E-state index in [1.165, 1.54) is 0 Å². The molecule has 0 aliphatic carbocycles. The van der Waals surface area contributed by atoms with E-state index in [0.29, 0.717) is 6.04 Å². The van der Waals surface area contributed by atoms with Gasteiger partial charge >= 0.3 is 0 Å². The number of ether oxygens (including phenoxy) is 1. The quantitative estimate of drug-likeness (QED) is 0.403. The van der Waals surface area contributed by atoms with Gasteiger partial charge in [0.25, 0.3) is 0 Å². The molecule has 0 bridgehead atoms. The zero-order valence-electron chi connectivity index (χ0n) is 16.5. The van der Waals surface area contributed by atoms with Crippen LogP contribution in [0.5, 0.6) is 11.5 Å². The Morgan fingerprint density at radius 2 is 2.03 bits per heavy atom. The number of nitrogen functional groups attached to an aromatic ring is 1. The smallest absolute Gasteiger partial charge is 0.222 e. The van der Waals surface area contributed by atoms with Crippen LogP contribution in [0.3, 0.4) is 0 Å². The van der Waals surface area contributed by atoms with E-state index in [0.717, 1.165) is 70.4 Å². The van der Waals surface area contributed by atoms with E-state index < -0.39 is 0 Å². The zero-order chi connectivity index (χ0) is 20.2. The van der Waals surface area contributed by atoms with Crippen LogP contribution < -0.4 is 20.7 Å². The second-order valence-electron chi connectivity index (χ2n) is 7.85. The molecule has 0 radical (unpaired) electrons. The van der Waals surface area contributed by atoms with E-state index >= 15 is 0 Å². The van der Waals surface area contributed by atoms with Gasteiger partial charge in [-0.3, -0.25) is 5.10 Å². The highest BCUT2D eigenvalue weighted by Gasteiger charge is 2.24. The molecule has 150 valence electrons. The summed E-state index contributed by atoms with van der Waals surface area (Å²) in [6.45, 7) is 3.20. The van der Waals surface area contributed by atoms with Crippen molar-refractivity contribution in [1.29, 1.82) is 0 Å². The van der Waals surface area contributed by atoms with Gasteiger partial charge in [0, 0.05) is 24.2 Å². The number of nitrogens with one attached hydrogen (secondary N) is 2. The normalized spacial score (nSPS) is 17.4. The Hall–Kier alpha value is -3.81. The first-order valence-electron chi connectivity index (χ1n) is 10.1. The van der Waals surface area contributed by atoms with Gasteiger partial charge in [-0.1, -0.05) is 12.1 Å². The molecule has 0 spiro atoms. The van der Waals surface area contributed by atoms with E-state index in [1.54, 1.807) is 0 Å². The molecule has 2 aromatic heterocycles. The maximum atomic E-state index is 6.26. The average Bonchev–Trinajstić information content (AvgIpc) is 3.30. The lowest BCUT2D eigenvalue weighted by atomic mass is 10.1. The van der Waals surface area contributed by atoms with Gasteiger partial charge in [0.15, 0.2) is 11.6 Å². The monoisotopic (exact) mass is 399 g/mol. The molecule has 1 fully saturated rings. The number of nitrogens with two attached hydrogens (primary N) is 1. The van der Waals surface area contributed by atoms with E-state index in [1.807, 2.05) is 42.5 Å². The maximum absolute atomic E-state index is 6.26. The van der Waals surface area contributed by atoms with Gasteiger partial charge < -0.3 is 20.7 Å². The summed E-state index contributed by atoms with van der Waals surface area (Å²) in [7, 11) is 0. The summed E-state index contributed by atoms with van der Waals surface area (Å²) >= 11 is 0. The van der Waals surface area contributed by atoms with Gasteiger partial charge in [0.2, 0.25) is 5.95 Å². The number of benzene rings is 2. The third-order valence-corrected chi connectivity index (χ3v) is 5.86. The number of H-pyrrole nitrogens is 1. The molecular formula is C22H21N7O. The van der Waals surface area contributed by atoms with Gasteiger partial charge in [-0.2, -0.15) is 10.1 Å². The lowest BCUT2D eigenvalue weighted by Gasteiger charge is -2.23. The van der Waals surface area contributed by atoms with Gasteiger partial charge in [0.05, 0.1) is 22.3 Å². The van der Waals surface area contributed by atoms with E-state index in [2.05, 4.69) is 37.3 Å². The molecule has 2 aliphatic heterocycles. The predicted octanol–water partition coefficient (Wildman–Crippen LogP) is 4.44. The Kier molecular flexibility index (Phi) is 3.61. The molecular weight excluding hydrogens is 378 g/mol. The van der Waals surface area contributed by atoms with Gasteiger partial charge in [0.1, 0.15) is 11.6 Å². The van der Waals surface area contributed by atoms with Crippen LogP contribution in [-0.4, -0.2) is 32.8 Å². The third-order valence-electron chi connectivity index (χ3n) is 5.86.